The Morgan fingerprint density at radius 3 is 2.44 bits per heavy atom. The summed E-state index contributed by atoms with van der Waals surface area (Å²) in [6.45, 7) is 8.95. The molecule has 0 atom stereocenters. The predicted octanol–water partition coefficient (Wildman–Crippen LogP) is 3.63. The number of morpholine rings is 1. The van der Waals surface area contributed by atoms with Crippen molar-refractivity contribution in [3.8, 4) is 0 Å². The quantitative estimate of drug-likeness (QED) is 0.390. The lowest BCUT2D eigenvalue weighted by atomic mass is 10.0. The number of rotatable bonds is 8. The van der Waals surface area contributed by atoms with Gasteiger partial charge in [0.2, 0.25) is 11.9 Å². The molecule has 0 radical (unpaired) electrons. The van der Waals surface area contributed by atoms with Gasteiger partial charge in [-0.3, -0.25) is 9.69 Å². The summed E-state index contributed by atoms with van der Waals surface area (Å²) in [6, 6.07) is 17.0. The summed E-state index contributed by atoms with van der Waals surface area (Å²) < 4.78 is 20.1. The van der Waals surface area contributed by atoms with Crippen LogP contribution in [0.3, 0.4) is 0 Å². The molecule has 2 aromatic carbocycles. The first-order valence-electron chi connectivity index (χ1n) is 10.7. The minimum absolute atomic E-state index is 0.0607. The van der Waals surface area contributed by atoms with Crippen molar-refractivity contribution in [1.82, 2.24) is 10.2 Å². The number of amides is 1. The van der Waals surface area contributed by atoms with Gasteiger partial charge in [0, 0.05) is 25.2 Å². The van der Waals surface area contributed by atoms with E-state index in [0.717, 1.165) is 24.2 Å². The maximum atomic E-state index is 14.7. The van der Waals surface area contributed by atoms with E-state index in [-0.39, 0.29) is 12.3 Å². The molecule has 32 heavy (non-hydrogen) atoms. The summed E-state index contributed by atoms with van der Waals surface area (Å²) >= 11 is 0. The normalized spacial score (nSPS) is 15.8. The summed E-state index contributed by atoms with van der Waals surface area (Å²) in [4.78, 5) is 22.2. The molecule has 1 fully saturated rings. The molecule has 1 amide bonds. The molecule has 1 aliphatic heterocycles. The average molecular weight is 437 g/mol. The van der Waals surface area contributed by atoms with Gasteiger partial charge in [-0.2, -0.15) is 4.39 Å². The molecule has 1 heterocycles. The number of aliphatic imine (C=N–C) groups is 2. The summed E-state index contributed by atoms with van der Waals surface area (Å²) in [5, 5.41) is 2.91. The van der Waals surface area contributed by atoms with Crippen LogP contribution in [0.25, 0.3) is 5.57 Å². The van der Waals surface area contributed by atoms with Gasteiger partial charge in [0.15, 0.2) is 0 Å². The Morgan fingerprint density at radius 1 is 1.09 bits per heavy atom. The fourth-order valence-electron chi connectivity index (χ4n) is 3.31. The average Bonchev–Trinajstić information content (AvgIpc) is 2.83. The van der Waals surface area contributed by atoms with Crippen molar-refractivity contribution in [3.05, 3.63) is 77.2 Å². The zero-order valence-electron chi connectivity index (χ0n) is 18.4. The van der Waals surface area contributed by atoms with Crippen molar-refractivity contribution in [3.63, 3.8) is 0 Å². The van der Waals surface area contributed by atoms with Gasteiger partial charge in [0.05, 0.1) is 26.2 Å². The smallest absolute Gasteiger partial charge is 0.224 e. The molecule has 168 valence electrons. The number of nitrogens with one attached hydrogen (secondary N) is 1. The maximum Gasteiger partial charge on any atom is 0.224 e. The van der Waals surface area contributed by atoms with E-state index in [4.69, 9.17) is 4.74 Å². The van der Waals surface area contributed by atoms with E-state index < -0.39 is 5.95 Å². The molecule has 1 N–H and O–H groups in total. The first-order chi connectivity index (χ1) is 15.5. The van der Waals surface area contributed by atoms with Crippen LogP contribution < -0.4 is 5.32 Å². The van der Waals surface area contributed by atoms with Crippen molar-refractivity contribution in [2.24, 2.45) is 9.98 Å². The van der Waals surface area contributed by atoms with Crippen LogP contribution in [0, 0.1) is 0 Å². The molecule has 3 rings (SSSR count). The third-order valence-corrected chi connectivity index (χ3v) is 5.27. The molecule has 0 aliphatic carbocycles. The Bertz CT molecular complexity index is 965. The van der Waals surface area contributed by atoms with Gasteiger partial charge in [0.25, 0.3) is 0 Å². The highest BCUT2D eigenvalue weighted by Gasteiger charge is 2.13. The lowest BCUT2D eigenvalue weighted by Crippen LogP contribution is -2.39. The third-order valence-electron chi connectivity index (χ3n) is 5.27. The first kappa shape index (κ1) is 23.5. The molecule has 6 nitrogen and oxygen atoms in total. The first-order valence-corrected chi connectivity index (χ1v) is 10.7. The van der Waals surface area contributed by atoms with Crippen LogP contribution in [0.2, 0.25) is 0 Å². The summed E-state index contributed by atoms with van der Waals surface area (Å²) in [7, 11) is 0. The minimum Gasteiger partial charge on any atom is -0.379 e. The number of ether oxygens (including phenoxy) is 1. The van der Waals surface area contributed by atoms with Crippen LogP contribution in [-0.2, 0) is 22.5 Å². The summed E-state index contributed by atoms with van der Waals surface area (Å²) in [5.41, 5.74) is 3.02. The second-order valence-electron chi connectivity index (χ2n) is 7.63. The van der Waals surface area contributed by atoms with Gasteiger partial charge in [-0.05, 0) is 30.3 Å². The highest BCUT2D eigenvalue weighted by molar-refractivity contribution is 5.89. The molecule has 1 saturated heterocycles. The number of carbonyl (C=O) groups is 1. The fraction of sp³-hybridized carbons (Fsp3) is 0.320. The fourth-order valence-corrected chi connectivity index (χ4v) is 3.31. The lowest BCUT2D eigenvalue weighted by Gasteiger charge is -2.25. The monoisotopic (exact) mass is 436 g/mol. The highest BCUT2D eigenvalue weighted by Crippen LogP contribution is 2.21. The van der Waals surface area contributed by atoms with E-state index in [1.165, 1.54) is 0 Å². The number of hydrogen-bond donors (Lipinski definition) is 1. The van der Waals surface area contributed by atoms with E-state index in [0.29, 0.717) is 43.3 Å². The second kappa shape index (κ2) is 12.0. The summed E-state index contributed by atoms with van der Waals surface area (Å²) in [6.07, 6.45) is 0.264. The van der Waals surface area contributed by atoms with Gasteiger partial charge < -0.3 is 10.1 Å². The molecular weight excluding hydrogens is 407 g/mol. The number of carbonyl (C=O) groups excluding carboxylic acids is 1. The number of allylic oxidation sites excluding steroid dienone is 1. The molecule has 2 aromatic rings. The lowest BCUT2D eigenvalue weighted by molar-refractivity contribution is -0.120. The van der Waals surface area contributed by atoms with Gasteiger partial charge in [-0.1, -0.05) is 54.6 Å². The van der Waals surface area contributed by atoms with Gasteiger partial charge >= 0.3 is 0 Å². The third kappa shape index (κ3) is 7.21. The highest BCUT2D eigenvalue weighted by atomic mass is 19.1. The van der Waals surface area contributed by atoms with E-state index >= 15 is 0 Å². The van der Waals surface area contributed by atoms with E-state index in [1.54, 1.807) is 19.1 Å². The Hall–Kier alpha value is -3.16. The molecule has 0 unspecified atom stereocenters. The number of amidine groups is 1. The molecule has 7 heteroatoms. The second-order valence-corrected chi connectivity index (χ2v) is 7.63. The van der Waals surface area contributed by atoms with Crippen LogP contribution in [0.15, 0.2) is 70.5 Å². The summed E-state index contributed by atoms with van der Waals surface area (Å²) in [5.74, 6) is -0.307. The van der Waals surface area contributed by atoms with Gasteiger partial charge in [0.1, 0.15) is 5.84 Å². The van der Waals surface area contributed by atoms with Crippen molar-refractivity contribution >= 4 is 24.0 Å². The van der Waals surface area contributed by atoms with Gasteiger partial charge in [-0.15, -0.1) is 0 Å². The molecule has 0 spiro atoms. The van der Waals surface area contributed by atoms with Crippen molar-refractivity contribution < 1.29 is 13.9 Å². The van der Waals surface area contributed by atoms with E-state index in [9.17, 15) is 9.18 Å². The maximum absolute atomic E-state index is 14.7. The molecule has 0 aromatic heterocycles. The van der Waals surface area contributed by atoms with Crippen molar-refractivity contribution in [1.29, 1.82) is 0 Å². The number of halogens is 1. The van der Waals surface area contributed by atoms with E-state index in [1.807, 2.05) is 42.5 Å². The van der Waals surface area contributed by atoms with Crippen molar-refractivity contribution in [2.75, 3.05) is 32.8 Å². The number of benzene rings is 2. The Labute approximate surface area is 188 Å². The Morgan fingerprint density at radius 2 is 1.78 bits per heavy atom. The molecule has 0 saturated carbocycles. The van der Waals surface area contributed by atoms with Crippen LogP contribution in [0.4, 0.5) is 4.39 Å². The number of hydrogen-bond acceptors (Lipinski definition) is 4. The van der Waals surface area contributed by atoms with E-state index in [2.05, 4.69) is 26.9 Å². The molecule has 0 bridgehead atoms. The van der Waals surface area contributed by atoms with Crippen LogP contribution in [0.1, 0.15) is 23.6 Å². The van der Waals surface area contributed by atoms with Crippen LogP contribution >= 0.6 is 0 Å². The van der Waals surface area contributed by atoms with Crippen LogP contribution in [-0.4, -0.2) is 56.2 Å². The van der Waals surface area contributed by atoms with Crippen LogP contribution in [0.5, 0.6) is 0 Å². The largest absolute Gasteiger partial charge is 0.379 e. The predicted molar refractivity (Wildman–Crippen MR) is 126 cm³/mol. The zero-order valence-corrected chi connectivity index (χ0v) is 18.4. The number of nitrogens with zero attached hydrogens (tertiary/aromatic N) is 3. The SMILES string of the molecule is C=NC(CN1CCOCC1)=N/C(F)=C(\C)c1ccc(CC(=O)NCc2ccccc2)cc1. The standard InChI is InChI=1S/C25H29FN4O2/c1-19(25(26)29-23(27-2)18-30-12-14-32-15-13-30)22-10-8-20(9-11-22)16-24(31)28-17-21-6-4-3-5-7-21/h3-11H,2,12-18H2,1H3,(H,28,31)/b25-19+,29-23?. The molecule has 1 aliphatic rings. The van der Waals surface area contributed by atoms with Crippen molar-refractivity contribution in [2.45, 2.75) is 19.9 Å². The minimum atomic E-state index is -0.589. The topological polar surface area (TPSA) is 66.3 Å². The molecular formula is C25H29FN4O2. The Balaban J connectivity index is 1.58. The zero-order chi connectivity index (χ0) is 22.8. The Kier molecular flexibility index (Phi) is 8.83. The van der Waals surface area contributed by atoms with Gasteiger partial charge in [-0.25, -0.2) is 9.98 Å².